The van der Waals surface area contributed by atoms with Gasteiger partial charge in [-0.3, -0.25) is 9.59 Å². The van der Waals surface area contributed by atoms with Crippen LogP contribution in [0.3, 0.4) is 0 Å². The first-order valence-electron chi connectivity index (χ1n) is 6.75. The Balaban J connectivity index is 2.48. The second-order valence-corrected chi connectivity index (χ2v) is 4.78. The molecule has 20 heavy (non-hydrogen) atoms. The Labute approximate surface area is 119 Å². The largest absolute Gasteiger partial charge is 0.348 e. The van der Waals surface area contributed by atoms with Gasteiger partial charge in [-0.1, -0.05) is 45.0 Å². The van der Waals surface area contributed by atoms with E-state index in [0.29, 0.717) is 12.5 Å². The lowest BCUT2D eigenvalue weighted by atomic mass is 10.0. The predicted molar refractivity (Wildman–Crippen MR) is 79.6 cm³/mol. The van der Waals surface area contributed by atoms with Gasteiger partial charge in [-0.25, -0.2) is 5.43 Å². The van der Waals surface area contributed by atoms with Crippen molar-refractivity contribution < 1.29 is 9.59 Å². The molecule has 0 unspecified atom stereocenters. The monoisotopic (exact) mass is 275 g/mol. The SMILES string of the molecule is CCCNC(=O)C(=O)NN=Cc1ccc(C(C)C)cc1. The third-order valence-corrected chi connectivity index (χ3v) is 2.72. The summed E-state index contributed by atoms with van der Waals surface area (Å²) in [4.78, 5) is 22.6. The van der Waals surface area contributed by atoms with Crippen LogP contribution in [0.25, 0.3) is 0 Å². The number of carbonyl (C=O) groups is 2. The second-order valence-electron chi connectivity index (χ2n) is 4.78. The zero-order valence-corrected chi connectivity index (χ0v) is 12.1. The zero-order valence-electron chi connectivity index (χ0n) is 12.1. The summed E-state index contributed by atoms with van der Waals surface area (Å²) >= 11 is 0. The van der Waals surface area contributed by atoms with Crippen LogP contribution >= 0.6 is 0 Å². The Kier molecular flexibility index (Phi) is 6.43. The van der Waals surface area contributed by atoms with Crippen molar-refractivity contribution in [3.8, 4) is 0 Å². The Hall–Kier alpha value is -2.17. The van der Waals surface area contributed by atoms with Crippen molar-refractivity contribution in [2.45, 2.75) is 33.1 Å². The summed E-state index contributed by atoms with van der Waals surface area (Å²) in [5, 5.41) is 6.24. The smallest absolute Gasteiger partial charge is 0.329 e. The highest BCUT2D eigenvalue weighted by Crippen LogP contribution is 2.13. The highest BCUT2D eigenvalue weighted by Gasteiger charge is 2.10. The van der Waals surface area contributed by atoms with E-state index in [1.807, 2.05) is 31.2 Å². The number of hydrogen-bond donors (Lipinski definition) is 2. The van der Waals surface area contributed by atoms with Crippen molar-refractivity contribution >= 4 is 18.0 Å². The third kappa shape index (κ3) is 5.22. The van der Waals surface area contributed by atoms with E-state index in [1.165, 1.54) is 11.8 Å². The molecule has 2 amide bonds. The number of nitrogens with one attached hydrogen (secondary N) is 2. The molecule has 108 valence electrons. The predicted octanol–water partition coefficient (Wildman–Crippen LogP) is 1.79. The van der Waals surface area contributed by atoms with Gasteiger partial charge in [-0.2, -0.15) is 5.10 Å². The van der Waals surface area contributed by atoms with Crippen LogP contribution in [-0.2, 0) is 9.59 Å². The Morgan fingerprint density at radius 3 is 2.40 bits per heavy atom. The minimum absolute atomic E-state index is 0.475. The van der Waals surface area contributed by atoms with Gasteiger partial charge >= 0.3 is 11.8 Å². The number of hydrazone groups is 1. The lowest BCUT2D eigenvalue weighted by molar-refractivity contribution is -0.139. The molecule has 0 bridgehead atoms. The van der Waals surface area contributed by atoms with E-state index in [4.69, 9.17) is 0 Å². The summed E-state index contributed by atoms with van der Waals surface area (Å²) in [6.45, 7) is 6.64. The number of rotatable bonds is 5. The molecule has 0 atom stereocenters. The molecule has 1 aromatic carbocycles. The van der Waals surface area contributed by atoms with Crippen LogP contribution in [0.5, 0.6) is 0 Å². The molecule has 0 aromatic heterocycles. The fourth-order valence-corrected chi connectivity index (χ4v) is 1.50. The van der Waals surface area contributed by atoms with E-state index < -0.39 is 11.8 Å². The molecule has 0 aliphatic carbocycles. The fourth-order valence-electron chi connectivity index (χ4n) is 1.50. The van der Waals surface area contributed by atoms with Crippen molar-refractivity contribution in [3.05, 3.63) is 35.4 Å². The molecular formula is C15H21N3O2. The topological polar surface area (TPSA) is 70.6 Å². The van der Waals surface area contributed by atoms with Crippen molar-refractivity contribution in [2.24, 2.45) is 5.10 Å². The molecule has 0 saturated carbocycles. The molecule has 0 radical (unpaired) electrons. The summed E-state index contributed by atoms with van der Waals surface area (Å²) in [6.07, 6.45) is 2.29. The van der Waals surface area contributed by atoms with E-state index in [-0.39, 0.29) is 0 Å². The average molecular weight is 275 g/mol. The Morgan fingerprint density at radius 1 is 1.20 bits per heavy atom. The molecule has 0 fully saturated rings. The van der Waals surface area contributed by atoms with E-state index in [2.05, 4.69) is 29.7 Å². The molecule has 2 N–H and O–H groups in total. The minimum atomic E-state index is -0.756. The fraction of sp³-hybridized carbons (Fsp3) is 0.400. The summed E-state index contributed by atoms with van der Waals surface area (Å²) in [5.41, 5.74) is 4.30. The number of benzene rings is 1. The van der Waals surface area contributed by atoms with E-state index in [9.17, 15) is 9.59 Å². The number of nitrogens with zero attached hydrogens (tertiary/aromatic N) is 1. The summed E-state index contributed by atoms with van der Waals surface area (Å²) in [5.74, 6) is -0.949. The molecule has 0 aliphatic rings. The normalized spacial score (nSPS) is 10.8. The lowest BCUT2D eigenvalue weighted by Gasteiger charge is -2.04. The quantitative estimate of drug-likeness (QED) is 0.488. The standard InChI is InChI=1S/C15H21N3O2/c1-4-9-16-14(19)15(20)18-17-10-12-5-7-13(8-6-12)11(2)3/h5-8,10-11H,4,9H2,1-3H3,(H,16,19)(H,18,20). The number of hydrogen-bond acceptors (Lipinski definition) is 3. The molecule has 0 spiro atoms. The summed E-state index contributed by atoms with van der Waals surface area (Å²) in [6, 6.07) is 7.87. The van der Waals surface area contributed by atoms with Gasteiger partial charge in [0.15, 0.2) is 0 Å². The average Bonchev–Trinajstić information content (AvgIpc) is 2.45. The molecule has 5 nitrogen and oxygen atoms in total. The maximum atomic E-state index is 11.3. The first kappa shape index (κ1) is 15.9. The van der Waals surface area contributed by atoms with Crippen LogP contribution in [0.4, 0.5) is 0 Å². The molecule has 1 aromatic rings. The van der Waals surface area contributed by atoms with E-state index in [1.54, 1.807) is 0 Å². The van der Waals surface area contributed by atoms with Crippen molar-refractivity contribution in [1.29, 1.82) is 0 Å². The lowest BCUT2D eigenvalue weighted by Crippen LogP contribution is -2.38. The van der Waals surface area contributed by atoms with E-state index in [0.717, 1.165) is 12.0 Å². The van der Waals surface area contributed by atoms with Crippen molar-refractivity contribution in [1.82, 2.24) is 10.7 Å². The maximum Gasteiger partial charge on any atom is 0.329 e. The van der Waals surface area contributed by atoms with E-state index >= 15 is 0 Å². The van der Waals surface area contributed by atoms with Gasteiger partial charge in [-0.15, -0.1) is 0 Å². The Bertz CT molecular complexity index is 478. The van der Waals surface area contributed by atoms with Crippen molar-refractivity contribution in [2.75, 3.05) is 6.54 Å². The van der Waals surface area contributed by atoms with Crippen molar-refractivity contribution in [3.63, 3.8) is 0 Å². The van der Waals surface area contributed by atoms with Crippen LogP contribution in [0, 0.1) is 0 Å². The van der Waals surface area contributed by atoms with Crippen LogP contribution in [0.1, 0.15) is 44.2 Å². The van der Waals surface area contributed by atoms with Crippen LogP contribution in [0.15, 0.2) is 29.4 Å². The summed E-state index contributed by atoms with van der Waals surface area (Å²) < 4.78 is 0. The molecule has 0 aliphatic heterocycles. The summed E-state index contributed by atoms with van der Waals surface area (Å²) in [7, 11) is 0. The zero-order chi connectivity index (χ0) is 15.0. The van der Waals surface area contributed by atoms with Gasteiger partial charge in [0, 0.05) is 6.54 Å². The van der Waals surface area contributed by atoms with Gasteiger partial charge < -0.3 is 5.32 Å². The first-order valence-corrected chi connectivity index (χ1v) is 6.75. The van der Waals surface area contributed by atoms with Crippen LogP contribution in [0.2, 0.25) is 0 Å². The molecule has 5 heteroatoms. The van der Waals surface area contributed by atoms with Gasteiger partial charge in [0.1, 0.15) is 0 Å². The van der Waals surface area contributed by atoms with Gasteiger partial charge in [0.25, 0.3) is 0 Å². The van der Waals surface area contributed by atoms with Gasteiger partial charge in [0.2, 0.25) is 0 Å². The highest BCUT2D eigenvalue weighted by molar-refractivity contribution is 6.35. The highest BCUT2D eigenvalue weighted by atomic mass is 16.2. The van der Waals surface area contributed by atoms with Gasteiger partial charge in [0.05, 0.1) is 6.21 Å². The van der Waals surface area contributed by atoms with Crippen LogP contribution < -0.4 is 10.7 Å². The maximum absolute atomic E-state index is 11.3. The van der Waals surface area contributed by atoms with Crippen LogP contribution in [-0.4, -0.2) is 24.6 Å². The minimum Gasteiger partial charge on any atom is -0.348 e. The number of amides is 2. The molecule has 1 rings (SSSR count). The second kappa shape index (κ2) is 8.09. The van der Waals surface area contributed by atoms with Gasteiger partial charge in [-0.05, 0) is 23.5 Å². The Morgan fingerprint density at radius 2 is 1.85 bits per heavy atom. The first-order chi connectivity index (χ1) is 9.54. The molecular weight excluding hydrogens is 254 g/mol. The molecule has 0 heterocycles. The number of carbonyl (C=O) groups excluding carboxylic acids is 2. The molecule has 0 saturated heterocycles. The third-order valence-electron chi connectivity index (χ3n) is 2.72.